The van der Waals surface area contributed by atoms with Gasteiger partial charge in [0, 0.05) is 32.2 Å². The van der Waals surface area contributed by atoms with Crippen molar-refractivity contribution in [2.24, 2.45) is 0 Å². The molecule has 0 unspecified atom stereocenters. The predicted molar refractivity (Wildman–Crippen MR) is 76.0 cm³/mol. The van der Waals surface area contributed by atoms with Gasteiger partial charge in [0.15, 0.2) is 0 Å². The fourth-order valence-corrected chi connectivity index (χ4v) is 2.55. The first-order chi connectivity index (χ1) is 9.33. The first-order valence-corrected chi connectivity index (χ1v) is 7.30. The molecule has 1 aromatic rings. The normalized spacial score (nSPS) is 20.4. The summed E-state index contributed by atoms with van der Waals surface area (Å²) < 4.78 is 14.0. The van der Waals surface area contributed by atoms with Gasteiger partial charge < -0.3 is 15.5 Å². The summed E-state index contributed by atoms with van der Waals surface area (Å²) in [6.45, 7) is 4.63. The fourth-order valence-electron chi connectivity index (χ4n) is 2.55. The standard InChI is InChI=1S/C15H22FN3/c16-14-5-2-12(11-18-13-3-4-13)10-15(14)19-8-1-6-17-7-9-19/h2,5,10,13,17-18H,1,3-4,6-9,11H2. The molecule has 0 radical (unpaired) electrons. The van der Waals surface area contributed by atoms with Crippen LogP contribution >= 0.6 is 0 Å². The van der Waals surface area contributed by atoms with Crippen LogP contribution in [-0.2, 0) is 6.54 Å². The Kier molecular flexibility index (Phi) is 3.99. The van der Waals surface area contributed by atoms with E-state index in [1.54, 1.807) is 6.07 Å². The highest BCUT2D eigenvalue weighted by Gasteiger charge is 2.20. The van der Waals surface area contributed by atoms with E-state index in [1.165, 1.54) is 18.4 Å². The minimum absolute atomic E-state index is 0.0999. The van der Waals surface area contributed by atoms with E-state index in [1.807, 2.05) is 12.1 Å². The Labute approximate surface area is 114 Å². The molecule has 0 atom stereocenters. The molecule has 2 N–H and O–H groups in total. The largest absolute Gasteiger partial charge is 0.368 e. The van der Waals surface area contributed by atoms with Crippen molar-refractivity contribution in [1.29, 1.82) is 0 Å². The molecule has 0 spiro atoms. The van der Waals surface area contributed by atoms with E-state index in [0.29, 0.717) is 6.04 Å². The topological polar surface area (TPSA) is 27.3 Å². The molecule has 1 aliphatic heterocycles. The van der Waals surface area contributed by atoms with Crippen molar-refractivity contribution in [3.05, 3.63) is 29.6 Å². The van der Waals surface area contributed by atoms with Crippen LogP contribution in [0.25, 0.3) is 0 Å². The maximum absolute atomic E-state index is 14.0. The number of halogens is 1. The lowest BCUT2D eigenvalue weighted by Crippen LogP contribution is -2.28. The first-order valence-electron chi connectivity index (χ1n) is 7.30. The zero-order valence-corrected chi connectivity index (χ0v) is 11.3. The molecule has 104 valence electrons. The quantitative estimate of drug-likeness (QED) is 0.868. The highest BCUT2D eigenvalue weighted by molar-refractivity contribution is 5.50. The Hall–Kier alpha value is -1.13. The van der Waals surface area contributed by atoms with Crippen molar-refractivity contribution in [1.82, 2.24) is 10.6 Å². The third kappa shape index (κ3) is 3.45. The van der Waals surface area contributed by atoms with Crippen LogP contribution < -0.4 is 15.5 Å². The van der Waals surface area contributed by atoms with E-state index in [4.69, 9.17) is 0 Å². The van der Waals surface area contributed by atoms with Gasteiger partial charge in [-0.2, -0.15) is 0 Å². The smallest absolute Gasteiger partial charge is 0.146 e. The maximum atomic E-state index is 14.0. The zero-order valence-electron chi connectivity index (χ0n) is 11.3. The summed E-state index contributed by atoms with van der Waals surface area (Å²) in [5, 5.41) is 6.83. The second kappa shape index (κ2) is 5.88. The average Bonchev–Trinajstić information content (AvgIpc) is 3.25. The molecule has 3 rings (SSSR count). The van der Waals surface area contributed by atoms with Crippen molar-refractivity contribution in [2.45, 2.75) is 31.8 Å². The number of benzene rings is 1. The van der Waals surface area contributed by atoms with Crippen LogP contribution in [0.3, 0.4) is 0 Å². The Balaban J connectivity index is 1.71. The molecule has 1 aliphatic carbocycles. The summed E-state index contributed by atoms with van der Waals surface area (Å²) in [6.07, 6.45) is 3.64. The number of hydrogen-bond acceptors (Lipinski definition) is 3. The first kappa shape index (κ1) is 12.9. The second-order valence-corrected chi connectivity index (χ2v) is 5.53. The summed E-state index contributed by atoms with van der Waals surface area (Å²) in [5.74, 6) is -0.0999. The second-order valence-electron chi connectivity index (χ2n) is 5.53. The minimum Gasteiger partial charge on any atom is -0.368 e. The molecule has 2 fully saturated rings. The zero-order chi connectivity index (χ0) is 13.1. The highest BCUT2D eigenvalue weighted by Crippen LogP contribution is 2.23. The van der Waals surface area contributed by atoms with Gasteiger partial charge in [-0.3, -0.25) is 0 Å². The lowest BCUT2D eigenvalue weighted by atomic mass is 10.1. The molecule has 0 bridgehead atoms. The Bertz CT molecular complexity index is 423. The minimum atomic E-state index is -0.0999. The van der Waals surface area contributed by atoms with E-state index in [-0.39, 0.29) is 5.82 Å². The molecule has 1 aromatic carbocycles. The van der Waals surface area contributed by atoms with Crippen molar-refractivity contribution in [3.8, 4) is 0 Å². The molecule has 1 saturated heterocycles. The van der Waals surface area contributed by atoms with Crippen LogP contribution in [0.4, 0.5) is 10.1 Å². The van der Waals surface area contributed by atoms with Gasteiger partial charge in [0.1, 0.15) is 5.82 Å². The third-order valence-corrected chi connectivity index (χ3v) is 3.86. The number of nitrogens with one attached hydrogen (secondary N) is 2. The summed E-state index contributed by atoms with van der Waals surface area (Å²) >= 11 is 0. The molecule has 0 aromatic heterocycles. The van der Waals surface area contributed by atoms with Crippen LogP contribution in [-0.4, -0.2) is 32.2 Å². The number of hydrogen-bond donors (Lipinski definition) is 2. The number of nitrogens with zero attached hydrogens (tertiary/aromatic N) is 1. The van der Waals surface area contributed by atoms with Crippen molar-refractivity contribution in [2.75, 3.05) is 31.1 Å². The van der Waals surface area contributed by atoms with Crippen LogP contribution in [0.2, 0.25) is 0 Å². The van der Waals surface area contributed by atoms with Gasteiger partial charge >= 0.3 is 0 Å². The van der Waals surface area contributed by atoms with Crippen LogP contribution in [0.1, 0.15) is 24.8 Å². The van der Waals surface area contributed by atoms with Gasteiger partial charge in [0.05, 0.1) is 5.69 Å². The van der Waals surface area contributed by atoms with E-state index < -0.39 is 0 Å². The van der Waals surface area contributed by atoms with Crippen molar-refractivity contribution in [3.63, 3.8) is 0 Å². The van der Waals surface area contributed by atoms with Crippen molar-refractivity contribution < 1.29 is 4.39 Å². The molecule has 19 heavy (non-hydrogen) atoms. The Morgan fingerprint density at radius 2 is 2.16 bits per heavy atom. The highest BCUT2D eigenvalue weighted by atomic mass is 19.1. The number of rotatable bonds is 4. The number of anilines is 1. The summed E-state index contributed by atoms with van der Waals surface area (Å²) in [5.41, 5.74) is 1.94. The molecular formula is C15H22FN3. The van der Waals surface area contributed by atoms with Crippen LogP contribution in [0.15, 0.2) is 18.2 Å². The average molecular weight is 263 g/mol. The predicted octanol–water partition coefficient (Wildman–Crippen LogP) is 1.88. The molecule has 4 heteroatoms. The molecule has 1 heterocycles. The molecular weight excluding hydrogens is 241 g/mol. The lowest BCUT2D eigenvalue weighted by molar-refractivity contribution is 0.615. The van der Waals surface area contributed by atoms with E-state index >= 15 is 0 Å². The summed E-state index contributed by atoms with van der Waals surface area (Å²) in [7, 11) is 0. The molecule has 0 amide bonds. The van der Waals surface area contributed by atoms with Crippen LogP contribution in [0, 0.1) is 5.82 Å². The van der Waals surface area contributed by atoms with E-state index in [9.17, 15) is 4.39 Å². The Morgan fingerprint density at radius 3 is 3.00 bits per heavy atom. The fraction of sp³-hybridized carbons (Fsp3) is 0.600. The van der Waals surface area contributed by atoms with E-state index in [0.717, 1.165) is 44.8 Å². The van der Waals surface area contributed by atoms with Crippen LogP contribution in [0.5, 0.6) is 0 Å². The van der Waals surface area contributed by atoms with Gasteiger partial charge in [-0.15, -0.1) is 0 Å². The lowest BCUT2D eigenvalue weighted by Gasteiger charge is -2.23. The van der Waals surface area contributed by atoms with Crippen molar-refractivity contribution >= 4 is 5.69 Å². The Morgan fingerprint density at radius 1 is 1.26 bits per heavy atom. The SMILES string of the molecule is Fc1ccc(CNC2CC2)cc1N1CCCNCC1. The van der Waals surface area contributed by atoms with Gasteiger partial charge in [-0.1, -0.05) is 6.07 Å². The monoisotopic (exact) mass is 263 g/mol. The van der Waals surface area contributed by atoms with Gasteiger partial charge in [0.2, 0.25) is 0 Å². The summed E-state index contributed by atoms with van der Waals surface area (Å²) in [4.78, 5) is 2.16. The molecule has 2 aliphatic rings. The molecule has 1 saturated carbocycles. The third-order valence-electron chi connectivity index (χ3n) is 3.86. The maximum Gasteiger partial charge on any atom is 0.146 e. The van der Waals surface area contributed by atoms with E-state index in [2.05, 4.69) is 15.5 Å². The van der Waals surface area contributed by atoms with Gasteiger partial charge in [0.25, 0.3) is 0 Å². The van der Waals surface area contributed by atoms with Gasteiger partial charge in [-0.05, 0) is 43.5 Å². The molecule has 3 nitrogen and oxygen atoms in total. The van der Waals surface area contributed by atoms with Gasteiger partial charge in [-0.25, -0.2) is 4.39 Å². The summed E-state index contributed by atoms with van der Waals surface area (Å²) in [6, 6.07) is 6.20.